The molecule has 0 radical (unpaired) electrons. The lowest BCUT2D eigenvalue weighted by atomic mass is 9.64. The summed E-state index contributed by atoms with van der Waals surface area (Å²) in [4.78, 5) is 25.7. The molecule has 2 aliphatic carbocycles. The molecule has 0 spiro atoms. The van der Waals surface area contributed by atoms with Gasteiger partial charge in [0.1, 0.15) is 5.56 Å². The third kappa shape index (κ3) is 6.87. The molecule has 2 fully saturated rings. The van der Waals surface area contributed by atoms with Crippen molar-refractivity contribution >= 4 is 18.0 Å². The van der Waals surface area contributed by atoms with E-state index in [1.54, 1.807) is 12.3 Å². The molecule has 1 aromatic rings. The van der Waals surface area contributed by atoms with Crippen LogP contribution >= 0.6 is 0 Å². The molecule has 8 heteroatoms. The Morgan fingerprint density at radius 3 is 2.74 bits per heavy atom. The van der Waals surface area contributed by atoms with Gasteiger partial charge in [0.05, 0.1) is 23.8 Å². The lowest BCUT2D eigenvalue weighted by Crippen LogP contribution is -2.48. The Labute approximate surface area is 209 Å². The molecular weight excluding hydrogens is 444 g/mol. The molecule has 1 aromatic heterocycles. The predicted octanol–water partition coefficient (Wildman–Crippen LogP) is 4.00. The molecule has 2 aliphatic rings. The molecule has 1 heterocycles. The van der Waals surface area contributed by atoms with E-state index in [2.05, 4.69) is 15.7 Å². The summed E-state index contributed by atoms with van der Waals surface area (Å²) in [5.41, 5.74) is -0.955. The van der Waals surface area contributed by atoms with E-state index in [1.165, 1.54) is 17.3 Å². The third-order valence-electron chi connectivity index (χ3n) is 7.37. The van der Waals surface area contributed by atoms with Gasteiger partial charge in [-0.15, -0.1) is 0 Å². The van der Waals surface area contributed by atoms with Gasteiger partial charge >= 0.3 is 0 Å². The number of nitrogens with one attached hydrogen (secondary N) is 2. The van der Waals surface area contributed by atoms with Crippen LogP contribution in [-0.4, -0.2) is 51.5 Å². The van der Waals surface area contributed by atoms with Crippen molar-refractivity contribution in [2.24, 2.45) is 23.2 Å². The van der Waals surface area contributed by atoms with E-state index in [1.807, 2.05) is 41.5 Å². The maximum absolute atomic E-state index is 13.3. The summed E-state index contributed by atoms with van der Waals surface area (Å²) in [7, 11) is 0. The Kier molecular flexibility index (Phi) is 8.67. The summed E-state index contributed by atoms with van der Waals surface area (Å²) >= 11 is 0. The van der Waals surface area contributed by atoms with Gasteiger partial charge in [-0.25, -0.2) is 4.68 Å². The fourth-order valence-electron chi connectivity index (χ4n) is 5.35. The van der Waals surface area contributed by atoms with Crippen molar-refractivity contribution in [1.82, 2.24) is 20.4 Å². The van der Waals surface area contributed by atoms with E-state index < -0.39 is 11.0 Å². The van der Waals surface area contributed by atoms with E-state index in [4.69, 9.17) is 4.74 Å². The molecule has 196 valence electrons. The molecule has 2 bridgehead atoms. The first-order chi connectivity index (χ1) is 16.4. The van der Waals surface area contributed by atoms with Gasteiger partial charge in [0.2, 0.25) is 11.8 Å². The monoisotopic (exact) mass is 488 g/mol. The molecule has 2 amide bonds. The number of carbonyl (C=O) groups excluding carboxylic acids is 2. The summed E-state index contributed by atoms with van der Waals surface area (Å²) in [6.07, 6.45) is 10.7. The van der Waals surface area contributed by atoms with Crippen LogP contribution in [0.2, 0.25) is 0 Å². The predicted molar refractivity (Wildman–Crippen MR) is 137 cm³/mol. The Hall–Kier alpha value is -2.35. The van der Waals surface area contributed by atoms with Crippen LogP contribution in [0.5, 0.6) is 5.88 Å². The summed E-state index contributed by atoms with van der Waals surface area (Å²) in [5, 5.41) is 21.3. The summed E-state index contributed by atoms with van der Waals surface area (Å²) in [6, 6.07) is -0.0663. The summed E-state index contributed by atoms with van der Waals surface area (Å²) in [6.45, 7) is 12.7. The number of hydrogen-bond acceptors (Lipinski definition) is 5. The number of aromatic nitrogens is 2. The SMILES string of the molecule is CCNC(=O)C(C)(C)/C=C/n1ncc(C(=O)NC(C)C2CC3CCC[C@@](O)(C3)C2)c1OCC(C)C. The van der Waals surface area contributed by atoms with Crippen LogP contribution in [-0.2, 0) is 4.79 Å². The van der Waals surface area contributed by atoms with E-state index in [0.717, 1.165) is 32.1 Å². The van der Waals surface area contributed by atoms with E-state index >= 15 is 0 Å². The van der Waals surface area contributed by atoms with Gasteiger partial charge < -0.3 is 20.5 Å². The number of amides is 2. The van der Waals surface area contributed by atoms with E-state index in [9.17, 15) is 14.7 Å². The van der Waals surface area contributed by atoms with Gasteiger partial charge in [-0.1, -0.05) is 32.8 Å². The van der Waals surface area contributed by atoms with Crippen molar-refractivity contribution < 1.29 is 19.4 Å². The smallest absolute Gasteiger partial charge is 0.258 e. The molecule has 3 N–H and O–H groups in total. The van der Waals surface area contributed by atoms with Crippen molar-refractivity contribution in [3.8, 4) is 5.88 Å². The van der Waals surface area contributed by atoms with Crippen LogP contribution < -0.4 is 15.4 Å². The van der Waals surface area contributed by atoms with Crippen LogP contribution in [0.4, 0.5) is 0 Å². The summed E-state index contributed by atoms with van der Waals surface area (Å²) in [5.74, 6) is 1.10. The first-order valence-corrected chi connectivity index (χ1v) is 13.2. The fraction of sp³-hybridized carbons (Fsp3) is 0.741. The highest BCUT2D eigenvalue weighted by molar-refractivity contribution is 5.96. The standard InChI is InChI=1S/C27H44N4O4/c1-7-28-25(33)26(5,6)11-12-31-24(35-17-18(2)3)22(16-29-31)23(32)30-19(4)21-13-20-9-8-10-27(34,14-20)15-21/h11-12,16,18-21,34H,7-10,13-15,17H2,1-6H3,(H,28,33)(H,30,32)/b12-11+/t19?,20?,21?,27-/m1/s1. The van der Waals surface area contributed by atoms with Crippen LogP contribution in [0.3, 0.4) is 0 Å². The third-order valence-corrected chi connectivity index (χ3v) is 7.37. The minimum Gasteiger partial charge on any atom is -0.477 e. The van der Waals surface area contributed by atoms with Gasteiger partial charge in [-0.3, -0.25) is 9.59 Å². The van der Waals surface area contributed by atoms with Gasteiger partial charge in [-0.2, -0.15) is 5.10 Å². The first-order valence-electron chi connectivity index (χ1n) is 13.2. The number of hydrogen-bond donors (Lipinski definition) is 3. The Bertz CT molecular complexity index is 922. The molecule has 8 nitrogen and oxygen atoms in total. The van der Waals surface area contributed by atoms with Crippen LogP contribution in [0.25, 0.3) is 6.20 Å². The van der Waals surface area contributed by atoms with Crippen molar-refractivity contribution in [2.45, 2.75) is 91.7 Å². The molecule has 0 aromatic carbocycles. The average molecular weight is 489 g/mol. The van der Waals surface area contributed by atoms with E-state index in [-0.39, 0.29) is 29.7 Å². The molecule has 2 saturated carbocycles. The molecule has 3 rings (SSSR count). The zero-order chi connectivity index (χ0) is 25.8. The van der Waals surface area contributed by atoms with Gasteiger partial charge in [0.15, 0.2) is 0 Å². The number of aliphatic hydroxyl groups is 1. The van der Waals surface area contributed by atoms with Crippen molar-refractivity contribution in [1.29, 1.82) is 0 Å². The quantitative estimate of drug-likeness (QED) is 0.462. The molecule has 0 saturated heterocycles. The summed E-state index contributed by atoms with van der Waals surface area (Å²) < 4.78 is 7.54. The number of nitrogens with zero attached hydrogens (tertiary/aromatic N) is 2. The zero-order valence-corrected chi connectivity index (χ0v) is 22.3. The van der Waals surface area contributed by atoms with Crippen LogP contribution in [0.15, 0.2) is 12.3 Å². The van der Waals surface area contributed by atoms with Crippen molar-refractivity contribution in [2.75, 3.05) is 13.2 Å². The largest absolute Gasteiger partial charge is 0.477 e. The van der Waals surface area contributed by atoms with Crippen LogP contribution in [0, 0.1) is 23.2 Å². The minimum atomic E-state index is -0.743. The highest BCUT2D eigenvalue weighted by Gasteiger charge is 2.43. The van der Waals surface area contributed by atoms with Crippen molar-refractivity contribution in [3.05, 3.63) is 17.8 Å². The number of fused-ring (bicyclic) bond motifs is 2. The second kappa shape index (κ2) is 11.1. The zero-order valence-electron chi connectivity index (χ0n) is 22.3. The second-order valence-electron chi connectivity index (χ2n) is 11.6. The fourth-order valence-corrected chi connectivity index (χ4v) is 5.35. The molecule has 3 unspecified atom stereocenters. The molecule has 0 aliphatic heterocycles. The van der Waals surface area contributed by atoms with Crippen molar-refractivity contribution in [3.63, 3.8) is 0 Å². The van der Waals surface area contributed by atoms with Crippen LogP contribution in [0.1, 0.15) is 90.4 Å². The average Bonchev–Trinajstić information content (AvgIpc) is 3.18. The topological polar surface area (TPSA) is 105 Å². The highest BCUT2D eigenvalue weighted by atomic mass is 16.5. The highest BCUT2D eigenvalue weighted by Crippen LogP contribution is 2.46. The molecule has 35 heavy (non-hydrogen) atoms. The molecular formula is C27H44N4O4. The normalized spacial score (nSPS) is 25.5. The number of carbonyl (C=O) groups is 2. The molecule has 4 atom stereocenters. The Balaban J connectivity index is 1.76. The first kappa shape index (κ1) is 27.2. The second-order valence-corrected chi connectivity index (χ2v) is 11.6. The van der Waals surface area contributed by atoms with Gasteiger partial charge in [0.25, 0.3) is 5.91 Å². The van der Waals surface area contributed by atoms with E-state index in [0.29, 0.717) is 30.5 Å². The van der Waals surface area contributed by atoms with Gasteiger partial charge in [0, 0.05) is 18.8 Å². The Morgan fingerprint density at radius 1 is 1.34 bits per heavy atom. The maximum atomic E-state index is 13.3. The Morgan fingerprint density at radius 2 is 2.09 bits per heavy atom. The minimum absolute atomic E-state index is 0.0663. The lowest BCUT2D eigenvalue weighted by molar-refractivity contribution is -0.127. The lowest BCUT2D eigenvalue weighted by Gasteiger charge is -2.46. The number of ether oxygens (including phenoxy) is 1. The maximum Gasteiger partial charge on any atom is 0.258 e. The number of rotatable bonds is 10. The van der Waals surface area contributed by atoms with Gasteiger partial charge in [-0.05, 0) is 71.1 Å².